The molecule has 0 aromatic heterocycles. The molecule has 1 aromatic carbocycles. The first-order chi connectivity index (χ1) is 12.2. The predicted molar refractivity (Wildman–Crippen MR) is 98.7 cm³/mol. The number of aryl methyl sites for hydroxylation is 1. The molecule has 1 aromatic rings. The second kappa shape index (κ2) is 8.20. The van der Waals surface area contributed by atoms with Crippen molar-refractivity contribution in [3.05, 3.63) is 29.8 Å². The minimum atomic E-state index is -3.91. The van der Waals surface area contributed by atoms with Crippen LogP contribution in [-0.2, 0) is 19.4 Å². The molecule has 0 aliphatic heterocycles. The number of unbranched alkanes of at least 4 members (excludes halogenated alkanes) is 1. The van der Waals surface area contributed by atoms with Gasteiger partial charge in [-0.1, -0.05) is 50.3 Å². The summed E-state index contributed by atoms with van der Waals surface area (Å²) in [6, 6.07) is 5.38. The predicted octanol–water partition coefficient (Wildman–Crippen LogP) is 2.84. The molecule has 1 saturated carbocycles. The molecule has 0 unspecified atom stereocenters. The highest BCUT2D eigenvalue weighted by Crippen LogP contribution is 2.41. The number of rotatable bonds is 8. The highest BCUT2D eigenvalue weighted by atomic mass is 32.2. The molecule has 0 spiro atoms. The smallest absolute Gasteiger partial charge is 0.326 e. The number of carbonyl (C=O) groups is 2. The van der Waals surface area contributed by atoms with Crippen molar-refractivity contribution >= 4 is 21.7 Å². The van der Waals surface area contributed by atoms with Gasteiger partial charge in [-0.15, -0.1) is 0 Å². The summed E-state index contributed by atoms with van der Waals surface area (Å²) in [7, 11) is -3.91. The molecular formula is C19H27NO5S. The zero-order chi connectivity index (χ0) is 19.4. The molecule has 1 fully saturated rings. The Hall–Kier alpha value is -1.89. The van der Waals surface area contributed by atoms with E-state index in [9.17, 15) is 23.1 Å². The second-order valence-electron chi connectivity index (χ2n) is 7.02. The minimum Gasteiger partial charge on any atom is -0.480 e. The Bertz CT molecular complexity index is 749. The fraction of sp³-hybridized carbons (Fsp3) is 0.579. The maximum Gasteiger partial charge on any atom is 0.326 e. The third-order valence-electron chi connectivity index (χ3n) is 5.12. The SMILES string of the molecule is CCCC[C@H](NC(=O)C1(S(=O)(=O)c2ccc(C)cc2)CCCC1)C(=O)O. The van der Waals surface area contributed by atoms with Crippen LogP contribution in [0.5, 0.6) is 0 Å². The van der Waals surface area contributed by atoms with Gasteiger partial charge in [0.25, 0.3) is 0 Å². The summed E-state index contributed by atoms with van der Waals surface area (Å²) in [5.74, 6) is -1.81. The van der Waals surface area contributed by atoms with Gasteiger partial charge in [-0.25, -0.2) is 13.2 Å². The van der Waals surface area contributed by atoms with Gasteiger partial charge in [-0.3, -0.25) is 4.79 Å². The van der Waals surface area contributed by atoms with Crippen LogP contribution in [0.25, 0.3) is 0 Å². The average molecular weight is 381 g/mol. The van der Waals surface area contributed by atoms with E-state index in [0.29, 0.717) is 19.3 Å². The lowest BCUT2D eigenvalue weighted by molar-refractivity contribution is -0.142. The monoisotopic (exact) mass is 381 g/mol. The second-order valence-corrected chi connectivity index (χ2v) is 9.28. The van der Waals surface area contributed by atoms with E-state index in [1.54, 1.807) is 12.1 Å². The number of amides is 1. The molecular weight excluding hydrogens is 354 g/mol. The first-order valence-corrected chi connectivity index (χ1v) is 10.6. The lowest BCUT2D eigenvalue weighted by atomic mass is 10.0. The Morgan fingerprint density at radius 3 is 2.27 bits per heavy atom. The molecule has 1 amide bonds. The number of sulfone groups is 1. The standard InChI is InChI=1S/C19H27NO5S/c1-3-4-7-16(17(21)22)20-18(23)19(12-5-6-13-19)26(24,25)15-10-8-14(2)9-11-15/h8-11,16H,3-7,12-13H2,1-2H3,(H,20,23)(H,21,22)/t16-/m0/s1. The van der Waals surface area contributed by atoms with Crippen molar-refractivity contribution in [2.75, 3.05) is 0 Å². The highest BCUT2D eigenvalue weighted by Gasteiger charge is 2.53. The van der Waals surface area contributed by atoms with Crippen molar-refractivity contribution < 1.29 is 23.1 Å². The zero-order valence-corrected chi connectivity index (χ0v) is 16.1. The van der Waals surface area contributed by atoms with E-state index in [4.69, 9.17) is 0 Å². The first kappa shape index (κ1) is 20.4. The molecule has 1 atom stereocenters. The number of carbonyl (C=O) groups excluding carboxylic acids is 1. The summed E-state index contributed by atoms with van der Waals surface area (Å²) in [5, 5.41) is 11.9. The highest BCUT2D eigenvalue weighted by molar-refractivity contribution is 7.93. The molecule has 2 rings (SSSR count). The van der Waals surface area contributed by atoms with Crippen molar-refractivity contribution in [1.29, 1.82) is 0 Å². The number of aliphatic carboxylic acids is 1. The van der Waals surface area contributed by atoms with Gasteiger partial charge in [0.2, 0.25) is 5.91 Å². The van der Waals surface area contributed by atoms with E-state index < -0.39 is 32.5 Å². The summed E-state index contributed by atoms with van der Waals surface area (Å²) >= 11 is 0. The summed E-state index contributed by atoms with van der Waals surface area (Å²) in [6.07, 6.45) is 3.43. The molecule has 6 nitrogen and oxygen atoms in total. The molecule has 0 saturated heterocycles. The van der Waals surface area contributed by atoms with E-state index in [1.165, 1.54) is 12.1 Å². The van der Waals surface area contributed by atoms with Gasteiger partial charge in [0.1, 0.15) is 6.04 Å². The van der Waals surface area contributed by atoms with Crippen molar-refractivity contribution in [3.8, 4) is 0 Å². The van der Waals surface area contributed by atoms with Crippen LogP contribution < -0.4 is 5.32 Å². The molecule has 1 aliphatic rings. The van der Waals surface area contributed by atoms with E-state index in [-0.39, 0.29) is 24.2 Å². The normalized spacial score (nSPS) is 17.6. The molecule has 0 bridgehead atoms. The zero-order valence-electron chi connectivity index (χ0n) is 15.3. The van der Waals surface area contributed by atoms with Crippen LogP contribution in [0.15, 0.2) is 29.2 Å². The summed E-state index contributed by atoms with van der Waals surface area (Å²) in [6.45, 7) is 3.79. The fourth-order valence-corrected chi connectivity index (χ4v) is 5.54. The van der Waals surface area contributed by atoms with Gasteiger partial charge in [-0.2, -0.15) is 0 Å². The average Bonchev–Trinajstić information content (AvgIpc) is 3.10. The number of carboxylic acids is 1. The fourth-order valence-electron chi connectivity index (χ4n) is 3.46. The number of benzene rings is 1. The summed E-state index contributed by atoms with van der Waals surface area (Å²) in [5.41, 5.74) is 0.930. The molecule has 7 heteroatoms. The molecule has 1 aliphatic carbocycles. The van der Waals surface area contributed by atoms with Gasteiger partial charge >= 0.3 is 5.97 Å². The van der Waals surface area contributed by atoms with Gasteiger partial charge in [0, 0.05) is 0 Å². The number of nitrogens with one attached hydrogen (secondary N) is 1. The van der Waals surface area contributed by atoms with Crippen molar-refractivity contribution in [2.24, 2.45) is 0 Å². The van der Waals surface area contributed by atoms with Gasteiger partial charge in [0.15, 0.2) is 14.6 Å². The Kier molecular flexibility index (Phi) is 6.44. The number of hydrogen-bond acceptors (Lipinski definition) is 4. The van der Waals surface area contributed by atoms with Crippen LogP contribution in [0.4, 0.5) is 0 Å². The van der Waals surface area contributed by atoms with E-state index in [1.807, 2.05) is 13.8 Å². The van der Waals surface area contributed by atoms with Gasteiger partial charge in [-0.05, 0) is 38.3 Å². The van der Waals surface area contributed by atoms with Crippen molar-refractivity contribution in [1.82, 2.24) is 5.32 Å². The Labute approximate surface area is 154 Å². The van der Waals surface area contributed by atoms with E-state index in [0.717, 1.165) is 12.0 Å². The lowest BCUT2D eigenvalue weighted by Gasteiger charge is -2.29. The first-order valence-electron chi connectivity index (χ1n) is 9.09. The van der Waals surface area contributed by atoms with Crippen LogP contribution in [0.3, 0.4) is 0 Å². The number of carboxylic acid groups (broad SMARTS) is 1. The topological polar surface area (TPSA) is 101 Å². The van der Waals surface area contributed by atoms with Crippen LogP contribution in [0.2, 0.25) is 0 Å². The summed E-state index contributed by atoms with van der Waals surface area (Å²) < 4.78 is 25.0. The van der Waals surface area contributed by atoms with Crippen molar-refractivity contribution in [2.45, 2.75) is 74.5 Å². The number of hydrogen-bond donors (Lipinski definition) is 2. The minimum absolute atomic E-state index is 0.112. The molecule has 2 N–H and O–H groups in total. The third-order valence-corrected chi connectivity index (χ3v) is 7.64. The quantitative estimate of drug-likeness (QED) is 0.721. The third kappa shape index (κ3) is 3.92. The van der Waals surface area contributed by atoms with E-state index >= 15 is 0 Å². The molecule has 0 radical (unpaired) electrons. The van der Waals surface area contributed by atoms with Crippen LogP contribution >= 0.6 is 0 Å². The lowest BCUT2D eigenvalue weighted by Crippen LogP contribution is -2.54. The molecule has 26 heavy (non-hydrogen) atoms. The Morgan fingerprint density at radius 2 is 1.77 bits per heavy atom. The summed E-state index contributed by atoms with van der Waals surface area (Å²) in [4.78, 5) is 24.5. The molecule has 0 heterocycles. The van der Waals surface area contributed by atoms with Crippen LogP contribution in [-0.4, -0.2) is 36.2 Å². The van der Waals surface area contributed by atoms with Crippen LogP contribution in [0.1, 0.15) is 57.4 Å². The maximum absolute atomic E-state index is 13.3. The van der Waals surface area contributed by atoms with Crippen LogP contribution in [0, 0.1) is 6.92 Å². The van der Waals surface area contributed by atoms with Gasteiger partial charge < -0.3 is 10.4 Å². The maximum atomic E-state index is 13.3. The van der Waals surface area contributed by atoms with Crippen molar-refractivity contribution in [3.63, 3.8) is 0 Å². The van der Waals surface area contributed by atoms with Gasteiger partial charge in [0.05, 0.1) is 4.90 Å². The largest absolute Gasteiger partial charge is 0.480 e. The Morgan fingerprint density at radius 1 is 1.19 bits per heavy atom. The molecule has 144 valence electrons. The Balaban J connectivity index is 2.35. The van der Waals surface area contributed by atoms with E-state index in [2.05, 4.69) is 5.32 Å².